The molecule has 2 aromatic rings. The minimum Gasteiger partial charge on any atom is -0.465 e. The van der Waals surface area contributed by atoms with Crippen molar-refractivity contribution in [3.63, 3.8) is 0 Å². The van der Waals surface area contributed by atoms with E-state index in [1.54, 1.807) is 24.3 Å². The van der Waals surface area contributed by atoms with Gasteiger partial charge in [-0.3, -0.25) is 0 Å². The molecular formula is C14H12O4. The average molecular weight is 244 g/mol. The molecule has 0 aliphatic heterocycles. The summed E-state index contributed by atoms with van der Waals surface area (Å²) in [5.74, 6) is -0.950. The molecule has 18 heavy (non-hydrogen) atoms. The molecule has 2 rings (SSSR count). The second kappa shape index (κ2) is 4.87. The highest BCUT2D eigenvalue weighted by molar-refractivity contribution is 6.13. The van der Waals surface area contributed by atoms with Crippen LogP contribution in [0.3, 0.4) is 0 Å². The molecule has 0 amide bonds. The van der Waals surface area contributed by atoms with Crippen molar-refractivity contribution in [3.8, 4) is 0 Å². The summed E-state index contributed by atoms with van der Waals surface area (Å²) in [5.41, 5.74) is 0.715. The molecule has 0 radical (unpaired) electrons. The Hall–Kier alpha value is -2.36. The molecule has 0 fully saturated rings. The Morgan fingerprint density at radius 1 is 0.833 bits per heavy atom. The first kappa shape index (κ1) is 12.1. The van der Waals surface area contributed by atoms with E-state index >= 15 is 0 Å². The second-order valence-corrected chi connectivity index (χ2v) is 3.69. The van der Waals surface area contributed by atoms with Gasteiger partial charge < -0.3 is 9.47 Å². The zero-order valence-corrected chi connectivity index (χ0v) is 10.1. The first-order valence-electron chi connectivity index (χ1n) is 5.37. The number of benzene rings is 2. The lowest BCUT2D eigenvalue weighted by Gasteiger charge is -2.08. The summed E-state index contributed by atoms with van der Waals surface area (Å²) in [6.07, 6.45) is 0. The van der Waals surface area contributed by atoms with Crippen LogP contribution in [0.25, 0.3) is 10.8 Å². The predicted octanol–water partition coefficient (Wildman–Crippen LogP) is 2.41. The fraction of sp³-hybridized carbons (Fsp3) is 0.143. The van der Waals surface area contributed by atoms with Crippen molar-refractivity contribution < 1.29 is 19.1 Å². The van der Waals surface area contributed by atoms with E-state index in [0.29, 0.717) is 16.5 Å². The Bertz CT molecular complexity index is 565. The maximum atomic E-state index is 11.7. The fourth-order valence-electron chi connectivity index (χ4n) is 1.90. The predicted molar refractivity (Wildman–Crippen MR) is 66.6 cm³/mol. The van der Waals surface area contributed by atoms with E-state index in [4.69, 9.17) is 9.47 Å². The van der Waals surface area contributed by atoms with Gasteiger partial charge in [0.25, 0.3) is 0 Å². The lowest BCUT2D eigenvalue weighted by atomic mass is 9.99. The molecular weight excluding hydrogens is 232 g/mol. The van der Waals surface area contributed by atoms with E-state index in [2.05, 4.69) is 0 Å². The molecule has 4 heteroatoms. The first-order valence-corrected chi connectivity index (χ1v) is 5.37. The van der Waals surface area contributed by atoms with Gasteiger partial charge in [0.05, 0.1) is 25.3 Å². The Morgan fingerprint density at radius 3 is 1.67 bits per heavy atom. The van der Waals surface area contributed by atoms with Gasteiger partial charge in [0.2, 0.25) is 0 Å². The van der Waals surface area contributed by atoms with Crippen molar-refractivity contribution in [2.45, 2.75) is 0 Å². The summed E-state index contributed by atoms with van der Waals surface area (Å²) in [5, 5.41) is 1.35. The van der Waals surface area contributed by atoms with Gasteiger partial charge in [-0.25, -0.2) is 9.59 Å². The molecule has 0 saturated carbocycles. The third-order valence-corrected chi connectivity index (χ3v) is 2.72. The van der Waals surface area contributed by atoms with Crippen molar-refractivity contribution in [2.75, 3.05) is 14.2 Å². The summed E-state index contributed by atoms with van der Waals surface area (Å²) < 4.78 is 9.44. The highest BCUT2D eigenvalue weighted by atomic mass is 16.5. The van der Waals surface area contributed by atoms with E-state index in [9.17, 15) is 9.59 Å². The van der Waals surface area contributed by atoms with Gasteiger partial charge in [-0.15, -0.1) is 0 Å². The number of carbonyl (C=O) groups excluding carboxylic acids is 2. The van der Waals surface area contributed by atoms with Crippen LogP contribution >= 0.6 is 0 Å². The molecule has 92 valence electrons. The Kier molecular flexibility index (Phi) is 3.28. The summed E-state index contributed by atoms with van der Waals surface area (Å²) >= 11 is 0. The number of rotatable bonds is 2. The van der Waals surface area contributed by atoms with Crippen molar-refractivity contribution in [1.82, 2.24) is 0 Å². The summed E-state index contributed by atoms with van der Waals surface area (Å²) in [6, 6.07) is 10.4. The standard InChI is InChI=1S/C14H12O4/c1-17-13(15)10-7-3-5-9-6-4-8-11(12(9)10)14(16)18-2/h3-8H,1-2H3. The number of ether oxygens (including phenoxy) is 2. The Labute approximate surface area is 104 Å². The highest BCUT2D eigenvalue weighted by Crippen LogP contribution is 2.24. The molecule has 2 aromatic carbocycles. The van der Waals surface area contributed by atoms with E-state index < -0.39 is 11.9 Å². The van der Waals surface area contributed by atoms with Gasteiger partial charge >= 0.3 is 11.9 Å². The lowest BCUT2D eigenvalue weighted by Crippen LogP contribution is -2.07. The van der Waals surface area contributed by atoms with Gasteiger partial charge in [-0.05, 0) is 17.5 Å². The monoisotopic (exact) mass is 244 g/mol. The molecule has 0 unspecified atom stereocenters. The zero-order valence-electron chi connectivity index (χ0n) is 10.1. The SMILES string of the molecule is COC(=O)c1cccc2cccc(C(=O)OC)c12. The van der Waals surface area contributed by atoms with Crippen molar-refractivity contribution in [3.05, 3.63) is 47.5 Å². The molecule has 0 bridgehead atoms. The fourth-order valence-corrected chi connectivity index (χ4v) is 1.90. The topological polar surface area (TPSA) is 52.6 Å². The summed E-state index contributed by atoms with van der Waals surface area (Å²) in [7, 11) is 2.61. The third-order valence-electron chi connectivity index (χ3n) is 2.72. The number of carbonyl (C=O) groups is 2. The quantitative estimate of drug-likeness (QED) is 0.761. The van der Waals surface area contributed by atoms with Gasteiger partial charge in [-0.1, -0.05) is 24.3 Å². The minimum atomic E-state index is -0.475. The number of methoxy groups -OCH3 is 2. The molecule has 4 nitrogen and oxygen atoms in total. The number of esters is 2. The number of fused-ring (bicyclic) bond motifs is 1. The summed E-state index contributed by atoms with van der Waals surface area (Å²) in [6.45, 7) is 0. The van der Waals surface area contributed by atoms with E-state index in [0.717, 1.165) is 5.39 Å². The van der Waals surface area contributed by atoms with Crippen LogP contribution in [0.15, 0.2) is 36.4 Å². The molecule has 0 aliphatic rings. The van der Waals surface area contributed by atoms with Gasteiger partial charge in [-0.2, -0.15) is 0 Å². The average Bonchev–Trinajstić information content (AvgIpc) is 2.44. The first-order chi connectivity index (χ1) is 8.69. The zero-order chi connectivity index (χ0) is 13.1. The molecule has 0 aromatic heterocycles. The van der Waals surface area contributed by atoms with Crippen LogP contribution in [-0.2, 0) is 9.47 Å². The normalized spacial score (nSPS) is 10.1. The largest absolute Gasteiger partial charge is 0.465 e. The molecule has 0 atom stereocenters. The second-order valence-electron chi connectivity index (χ2n) is 3.69. The van der Waals surface area contributed by atoms with Crippen LogP contribution in [0.4, 0.5) is 0 Å². The Balaban J connectivity index is 2.80. The van der Waals surface area contributed by atoms with Crippen molar-refractivity contribution >= 4 is 22.7 Å². The maximum Gasteiger partial charge on any atom is 0.338 e. The highest BCUT2D eigenvalue weighted by Gasteiger charge is 2.17. The van der Waals surface area contributed by atoms with Gasteiger partial charge in [0.15, 0.2) is 0 Å². The maximum absolute atomic E-state index is 11.7. The number of hydrogen-bond donors (Lipinski definition) is 0. The van der Waals surface area contributed by atoms with Crippen molar-refractivity contribution in [1.29, 1.82) is 0 Å². The molecule has 0 saturated heterocycles. The van der Waals surface area contributed by atoms with Crippen LogP contribution in [0.2, 0.25) is 0 Å². The Morgan fingerprint density at radius 2 is 1.28 bits per heavy atom. The third kappa shape index (κ3) is 1.93. The smallest absolute Gasteiger partial charge is 0.338 e. The van der Waals surface area contributed by atoms with Crippen LogP contribution in [0.5, 0.6) is 0 Å². The van der Waals surface area contributed by atoms with Crippen LogP contribution in [-0.4, -0.2) is 26.2 Å². The lowest BCUT2D eigenvalue weighted by molar-refractivity contribution is 0.0601. The number of hydrogen-bond acceptors (Lipinski definition) is 4. The molecule has 0 N–H and O–H groups in total. The molecule has 0 heterocycles. The van der Waals surface area contributed by atoms with Gasteiger partial charge in [0, 0.05) is 5.39 Å². The molecule has 0 aliphatic carbocycles. The van der Waals surface area contributed by atoms with Crippen molar-refractivity contribution in [2.24, 2.45) is 0 Å². The van der Waals surface area contributed by atoms with Crippen LogP contribution in [0, 0.1) is 0 Å². The minimum absolute atomic E-state index is 0.357. The van der Waals surface area contributed by atoms with E-state index in [-0.39, 0.29) is 0 Å². The van der Waals surface area contributed by atoms with Crippen LogP contribution in [0.1, 0.15) is 20.7 Å². The van der Waals surface area contributed by atoms with E-state index in [1.807, 2.05) is 12.1 Å². The van der Waals surface area contributed by atoms with Crippen LogP contribution < -0.4 is 0 Å². The van der Waals surface area contributed by atoms with E-state index in [1.165, 1.54) is 14.2 Å². The summed E-state index contributed by atoms with van der Waals surface area (Å²) in [4.78, 5) is 23.4. The molecule has 0 spiro atoms. The van der Waals surface area contributed by atoms with Gasteiger partial charge in [0.1, 0.15) is 0 Å².